The number of nitrogens with two attached hydrogens (primary N) is 1. The van der Waals surface area contributed by atoms with Gasteiger partial charge < -0.3 is 5.73 Å². The maximum Gasteiger partial charge on any atom is 0.118 e. The fourth-order valence-electron chi connectivity index (χ4n) is 5.03. The van der Waals surface area contributed by atoms with Crippen molar-refractivity contribution >= 4 is 27.1 Å². The number of hydrogen-bond donors (Lipinski definition) is 1. The van der Waals surface area contributed by atoms with Crippen molar-refractivity contribution in [1.82, 2.24) is 4.98 Å². The molecule has 136 valence electrons. The van der Waals surface area contributed by atoms with E-state index in [1.54, 1.807) is 11.3 Å². The molecule has 0 amide bonds. The molecule has 2 nitrogen and oxygen atoms in total. The Kier molecular flexibility index (Phi) is 3.68. The number of aromatic nitrogens is 1. The first-order valence-electron chi connectivity index (χ1n) is 9.79. The third kappa shape index (κ3) is 2.25. The van der Waals surface area contributed by atoms with Crippen molar-refractivity contribution in [3.63, 3.8) is 0 Å². The maximum atomic E-state index is 6.99. The van der Waals surface area contributed by atoms with Crippen molar-refractivity contribution in [3.8, 4) is 0 Å². The molecular weight excluding hydrogens is 348 g/mol. The summed E-state index contributed by atoms with van der Waals surface area (Å²) >= 11 is 1.73. The van der Waals surface area contributed by atoms with Crippen molar-refractivity contribution in [2.45, 2.75) is 44.1 Å². The third-order valence-corrected chi connectivity index (χ3v) is 7.78. The van der Waals surface area contributed by atoms with Gasteiger partial charge in [0.05, 0.1) is 15.8 Å². The Bertz CT molecular complexity index is 1070. The summed E-state index contributed by atoms with van der Waals surface area (Å²) < 4.78 is 1.21. The van der Waals surface area contributed by atoms with E-state index in [1.165, 1.54) is 27.0 Å². The Morgan fingerprint density at radius 1 is 1.04 bits per heavy atom. The molecule has 0 radical (unpaired) electrons. The fraction of sp³-hybridized carbons (Fsp3) is 0.292. The standard InChI is InChI=1S/C24H24N2S/c1-3-23(4-2)18-10-6-5-9-16(18)17-13-14-24(25,15-19(17)23)22-26-20-11-7-8-12-21(20)27-22/h5-14H,3-4,15,25H2,1-2H3. The average molecular weight is 373 g/mol. The van der Waals surface area contributed by atoms with Gasteiger partial charge in [-0.25, -0.2) is 4.98 Å². The normalized spacial score (nSPS) is 22.9. The van der Waals surface area contributed by atoms with Crippen LogP contribution in [0.5, 0.6) is 0 Å². The summed E-state index contributed by atoms with van der Waals surface area (Å²) in [6.45, 7) is 4.62. The number of benzene rings is 2. The van der Waals surface area contributed by atoms with E-state index in [2.05, 4.69) is 68.5 Å². The van der Waals surface area contributed by atoms with Gasteiger partial charge in [-0.3, -0.25) is 0 Å². The van der Waals surface area contributed by atoms with Crippen molar-refractivity contribution in [3.05, 3.63) is 82.4 Å². The molecule has 0 aliphatic heterocycles. The summed E-state index contributed by atoms with van der Waals surface area (Å²) in [5.74, 6) is 0. The molecule has 0 saturated carbocycles. The van der Waals surface area contributed by atoms with E-state index in [9.17, 15) is 0 Å². The Hall–Kier alpha value is -2.23. The van der Waals surface area contributed by atoms with Gasteiger partial charge in [0.2, 0.25) is 0 Å². The maximum absolute atomic E-state index is 6.99. The van der Waals surface area contributed by atoms with Gasteiger partial charge in [-0.15, -0.1) is 11.3 Å². The number of allylic oxidation sites excluding steroid dienone is 2. The smallest absolute Gasteiger partial charge is 0.118 e. The van der Waals surface area contributed by atoms with Crippen LogP contribution in [-0.2, 0) is 11.0 Å². The van der Waals surface area contributed by atoms with Gasteiger partial charge in [0, 0.05) is 5.41 Å². The lowest BCUT2D eigenvalue weighted by Crippen LogP contribution is -2.39. The van der Waals surface area contributed by atoms with Crippen LogP contribution >= 0.6 is 11.3 Å². The lowest BCUT2D eigenvalue weighted by atomic mass is 9.68. The van der Waals surface area contributed by atoms with E-state index in [4.69, 9.17) is 10.7 Å². The molecule has 1 unspecified atom stereocenters. The van der Waals surface area contributed by atoms with E-state index >= 15 is 0 Å². The fourth-order valence-corrected chi connectivity index (χ4v) is 6.08. The van der Waals surface area contributed by atoms with E-state index < -0.39 is 5.54 Å². The highest BCUT2D eigenvalue weighted by molar-refractivity contribution is 7.18. The second kappa shape index (κ2) is 5.88. The molecule has 0 saturated heterocycles. The van der Waals surface area contributed by atoms with Crippen molar-refractivity contribution < 1.29 is 0 Å². The van der Waals surface area contributed by atoms with Crippen LogP contribution in [0.4, 0.5) is 0 Å². The van der Waals surface area contributed by atoms with Gasteiger partial charge in [0.15, 0.2) is 0 Å². The second-order valence-electron chi connectivity index (χ2n) is 7.76. The van der Waals surface area contributed by atoms with Crippen LogP contribution in [0.1, 0.15) is 49.2 Å². The number of rotatable bonds is 3. The van der Waals surface area contributed by atoms with E-state index in [0.29, 0.717) is 0 Å². The molecule has 2 aliphatic rings. The summed E-state index contributed by atoms with van der Waals surface area (Å²) in [5, 5.41) is 1.02. The highest BCUT2D eigenvalue weighted by Gasteiger charge is 2.46. The predicted octanol–water partition coefficient (Wildman–Crippen LogP) is 5.94. The van der Waals surface area contributed by atoms with Crippen LogP contribution < -0.4 is 5.73 Å². The van der Waals surface area contributed by atoms with Crippen molar-refractivity contribution in [2.24, 2.45) is 5.73 Å². The lowest BCUT2D eigenvalue weighted by molar-refractivity contribution is 0.423. The van der Waals surface area contributed by atoms with Crippen LogP contribution in [0.15, 0.2) is 66.3 Å². The Morgan fingerprint density at radius 2 is 1.78 bits per heavy atom. The summed E-state index contributed by atoms with van der Waals surface area (Å²) in [6.07, 6.45) is 7.49. The molecule has 2 N–H and O–H groups in total. The molecule has 0 spiro atoms. The van der Waals surface area contributed by atoms with Crippen LogP contribution in [0.3, 0.4) is 0 Å². The van der Waals surface area contributed by atoms with Gasteiger partial charge in [-0.2, -0.15) is 0 Å². The predicted molar refractivity (Wildman–Crippen MR) is 115 cm³/mol. The monoisotopic (exact) mass is 372 g/mol. The zero-order valence-corrected chi connectivity index (χ0v) is 16.6. The quantitative estimate of drug-likeness (QED) is 0.618. The number of thiazole rings is 1. The molecule has 2 aromatic carbocycles. The highest BCUT2D eigenvalue weighted by Crippen LogP contribution is 2.56. The molecule has 2 aliphatic carbocycles. The Morgan fingerprint density at radius 3 is 2.56 bits per heavy atom. The molecule has 3 aromatic rings. The third-order valence-electron chi connectivity index (χ3n) is 6.55. The molecule has 27 heavy (non-hydrogen) atoms. The first kappa shape index (κ1) is 16.9. The van der Waals surface area contributed by atoms with E-state index in [0.717, 1.165) is 29.8 Å². The molecule has 1 heterocycles. The van der Waals surface area contributed by atoms with Crippen molar-refractivity contribution in [1.29, 1.82) is 0 Å². The first-order valence-corrected chi connectivity index (χ1v) is 10.6. The minimum atomic E-state index is -0.528. The topological polar surface area (TPSA) is 38.9 Å². The molecule has 1 aromatic heterocycles. The van der Waals surface area contributed by atoms with Gasteiger partial charge in [0.25, 0.3) is 0 Å². The number of nitrogens with zero attached hydrogens (tertiary/aromatic N) is 1. The van der Waals surface area contributed by atoms with Gasteiger partial charge in [-0.1, -0.05) is 62.4 Å². The molecule has 1 atom stereocenters. The van der Waals surface area contributed by atoms with Gasteiger partial charge in [0.1, 0.15) is 5.01 Å². The van der Waals surface area contributed by atoms with Crippen LogP contribution in [0.25, 0.3) is 15.8 Å². The first-order chi connectivity index (χ1) is 13.1. The Balaban J connectivity index is 1.64. The van der Waals surface area contributed by atoms with Crippen molar-refractivity contribution in [2.75, 3.05) is 0 Å². The molecule has 0 fully saturated rings. The summed E-state index contributed by atoms with van der Waals surface area (Å²) in [4.78, 5) is 4.89. The lowest BCUT2D eigenvalue weighted by Gasteiger charge is -2.37. The van der Waals surface area contributed by atoms with Crippen LogP contribution in [0.2, 0.25) is 0 Å². The van der Waals surface area contributed by atoms with Crippen LogP contribution in [0, 0.1) is 0 Å². The summed E-state index contributed by atoms with van der Waals surface area (Å²) in [6, 6.07) is 17.2. The zero-order chi connectivity index (χ0) is 18.6. The van der Waals surface area contributed by atoms with Gasteiger partial charge >= 0.3 is 0 Å². The average Bonchev–Trinajstić information content (AvgIpc) is 3.26. The molecule has 5 rings (SSSR count). The van der Waals surface area contributed by atoms with E-state index in [-0.39, 0.29) is 5.41 Å². The molecule has 0 bridgehead atoms. The number of para-hydroxylation sites is 1. The van der Waals surface area contributed by atoms with Crippen LogP contribution in [-0.4, -0.2) is 4.98 Å². The summed E-state index contributed by atoms with van der Waals surface area (Å²) in [7, 11) is 0. The molecular formula is C24H24N2S. The second-order valence-corrected chi connectivity index (χ2v) is 8.79. The van der Waals surface area contributed by atoms with Gasteiger partial charge in [-0.05, 0) is 53.7 Å². The largest absolute Gasteiger partial charge is 0.316 e. The number of hydrogen-bond acceptors (Lipinski definition) is 3. The number of fused-ring (bicyclic) bond motifs is 3. The summed E-state index contributed by atoms with van der Waals surface area (Å²) in [5.41, 5.74) is 13.3. The minimum Gasteiger partial charge on any atom is -0.316 e. The highest BCUT2D eigenvalue weighted by atomic mass is 32.1. The minimum absolute atomic E-state index is 0.0952. The molecule has 3 heteroatoms. The SMILES string of the molecule is CCC1(CC)C2=C(C=CC(N)(c3nc4ccccc4s3)C2)c2ccccc21. The van der Waals surface area contributed by atoms with E-state index in [1.807, 2.05) is 6.07 Å². The Labute approximate surface area is 164 Å². The zero-order valence-electron chi connectivity index (χ0n) is 15.8.